The van der Waals surface area contributed by atoms with Gasteiger partial charge in [0.05, 0.1) is 7.11 Å². The molecular weight excluding hydrogens is 322 g/mol. The molecule has 7 heteroatoms. The van der Waals surface area contributed by atoms with Gasteiger partial charge in [-0.25, -0.2) is 4.98 Å². The highest BCUT2D eigenvalue weighted by Crippen LogP contribution is 2.20. The van der Waals surface area contributed by atoms with Crippen LogP contribution in [0.4, 0.5) is 0 Å². The molecule has 7 nitrogen and oxygen atoms in total. The Morgan fingerprint density at radius 2 is 2.28 bits per heavy atom. The smallest absolute Gasteiger partial charge is 0.273 e. The van der Waals surface area contributed by atoms with Crippen LogP contribution in [0, 0.1) is 0 Å². The highest BCUT2D eigenvalue weighted by molar-refractivity contribution is 5.92. The van der Waals surface area contributed by atoms with Crippen molar-refractivity contribution in [1.29, 1.82) is 0 Å². The molecule has 1 aliphatic rings. The first-order valence-corrected chi connectivity index (χ1v) is 8.34. The Morgan fingerprint density at radius 3 is 3.08 bits per heavy atom. The van der Waals surface area contributed by atoms with Crippen LogP contribution >= 0.6 is 0 Å². The van der Waals surface area contributed by atoms with Gasteiger partial charge in [0.25, 0.3) is 5.91 Å². The van der Waals surface area contributed by atoms with Gasteiger partial charge < -0.3 is 24.1 Å². The number of hydrogen-bond donors (Lipinski definition) is 1. The van der Waals surface area contributed by atoms with E-state index in [-0.39, 0.29) is 24.2 Å². The maximum atomic E-state index is 12.3. The van der Waals surface area contributed by atoms with Gasteiger partial charge >= 0.3 is 0 Å². The lowest BCUT2D eigenvalue weighted by atomic mass is 10.1. The molecule has 0 bridgehead atoms. The molecule has 1 N–H and O–H groups in total. The van der Waals surface area contributed by atoms with Gasteiger partial charge in [0.2, 0.25) is 5.89 Å². The van der Waals surface area contributed by atoms with Crippen molar-refractivity contribution < 1.29 is 18.7 Å². The molecule has 1 atom stereocenters. The molecule has 2 heterocycles. The number of amides is 1. The first-order valence-electron chi connectivity index (χ1n) is 8.34. The van der Waals surface area contributed by atoms with Gasteiger partial charge in [-0.3, -0.25) is 4.79 Å². The molecule has 0 radical (unpaired) electrons. The number of benzene rings is 1. The summed E-state index contributed by atoms with van der Waals surface area (Å²) in [7, 11) is 3.66. The zero-order valence-corrected chi connectivity index (χ0v) is 14.5. The molecule has 1 aromatic carbocycles. The summed E-state index contributed by atoms with van der Waals surface area (Å²) in [6.07, 6.45) is 3.44. The second-order valence-corrected chi connectivity index (χ2v) is 6.17. The number of nitrogens with zero attached hydrogens (tertiary/aromatic N) is 2. The fraction of sp³-hybridized carbons (Fsp3) is 0.444. The third kappa shape index (κ3) is 4.73. The van der Waals surface area contributed by atoms with Crippen LogP contribution in [0.25, 0.3) is 0 Å². The normalized spacial score (nSPS) is 17.9. The van der Waals surface area contributed by atoms with Gasteiger partial charge in [-0.2, -0.15) is 0 Å². The Labute approximate surface area is 146 Å². The van der Waals surface area contributed by atoms with Crippen molar-refractivity contribution >= 4 is 5.91 Å². The van der Waals surface area contributed by atoms with E-state index in [2.05, 4.69) is 22.2 Å². The third-order valence-corrected chi connectivity index (χ3v) is 4.15. The Hall–Kier alpha value is -2.54. The molecule has 1 amide bonds. The highest BCUT2D eigenvalue weighted by atomic mass is 16.5. The van der Waals surface area contributed by atoms with Gasteiger partial charge in [0.15, 0.2) is 12.3 Å². The number of carbonyl (C=O) groups excluding carboxylic acids is 1. The molecular formula is C18H23N3O4. The standard InChI is InChI=1S/C18H23N3O4/c1-21-8-4-5-13(10-21)19-18(22)16-11-25-17(20-16)12-24-15-7-3-6-14(9-15)23-2/h3,6-7,9,11,13H,4-5,8,10,12H2,1-2H3,(H,19,22)/t13-/m1/s1. The maximum Gasteiger partial charge on any atom is 0.273 e. The van der Waals surface area contributed by atoms with Crippen molar-refractivity contribution in [2.75, 3.05) is 27.2 Å². The first-order chi connectivity index (χ1) is 12.1. The summed E-state index contributed by atoms with van der Waals surface area (Å²) in [5.41, 5.74) is 0.275. The van der Waals surface area contributed by atoms with Crippen molar-refractivity contribution in [3.05, 3.63) is 42.1 Å². The molecule has 3 rings (SSSR count). The Bertz CT molecular complexity index is 716. The number of rotatable bonds is 6. The van der Waals surface area contributed by atoms with E-state index in [1.54, 1.807) is 13.2 Å². The van der Waals surface area contributed by atoms with Gasteiger partial charge in [-0.1, -0.05) is 6.07 Å². The maximum absolute atomic E-state index is 12.3. The Kier molecular flexibility index (Phi) is 5.55. The van der Waals surface area contributed by atoms with Crippen LogP contribution in [-0.4, -0.2) is 49.1 Å². The highest BCUT2D eigenvalue weighted by Gasteiger charge is 2.21. The molecule has 0 aliphatic carbocycles. The summed E-state index contributed by atoms with van der Waals surface area (Å²) >= 11 is 0. The van der Waals surface area contributed by atoms with Gasteiger partial charge in [-0.15, -0.1) is 0 Å². The molecule has 2 aromatic rings. The fourth-order valence-corrected chi connectivity index (χ4v) is 2.86. The number of piperidine rings is 1. The van der Waals surface area contributed by atoms with Crippen LogP contribution in [0.5, 0.6) is 11.5 Å². The van der Waals surface area contributed by atoms with Crippen LogP contribution in [0.2, 0.25) is 0 Å². The minimum Gasteiger partial charge on any atom is -0.497 e. The van der Waals surface area contributed by atoms with Crippen LogP contribution in [-0.2, 0) is 6.61 Å². The van der Waals surface area contributed by atoms with Crippen molar-refractivity contribution in [3.8, 4) is 11.5 Å². The molecule has 0 saturated carbocycles. The predicted molar refractivity (Wildman–Crippen MR) is 91.8 cm³/mol. The minimum absolute atomic E-state index is 0.145. The van der Waals surface area contributed by atoms with Crippen molar-refractivity contribution in [2.24, 2.45) is 0 Å². The lowest BCUT2D eigenvalue weighted by Crippen LogP contribution is -2.46. The lowest BCUT2D eigenvalue weighted by Gasteiger charge is -2.29. The second-order valence-electron chi connectivity index (χ2n) is 6.17. The molecule has 134 valence electrons. The summed E-state index contributed by atoms with van der Waals surface area (Å²) in [4.78, 5) is 18.7. The number of ether oxygens (including phenoxy) is 2. The van der Waals surface area contributed by atoms with Gasteiger partial charge in [-0.05, 0) is 38.6 Å². The quantitative estimate of drug-likeness (QED) is 0.864. The van der Waals surface area contributed by atoms with Crippen molar-refractivity contribution in [3.63, 3.8) is 0 Å². The van der Waals surface area contributed by atoms with Crippen LogP contribution < -0.4 is 14.8 Å². The van der Waals surface area contributed by atoms with Gasteiger partial charge in [0, 0.05) is 18.7 Å². The zero-order valence-electron chi connectivity index (χ0n) is 14.5. The summed E-state index contributed by atoms with van der Waals surface area (Å²) in [6, 6.07) is 7.42. The first kappa shape index (κ1) is 17.3. The Morgan fingerprint density at radius 1 is 1.44 bits per heavy atom. The zero-order chi connectivity index (χ0) is 17.6. The number of likely N-dealkylation sites (N-methyl/N-ethyl adjacent to an activating group) is 1. The summed E-state index contributed by atoms with van der Waals surface area (Å²) < 4.78 is 16.1. The molecule has 1 aromatic heterocycles. The number of oxazole rings is 1. The number of nitrogens with one attached hydrogen (secondary N) is 1. The topological polar surface area (TPSA) is 76.8 Å². The van der Waals surface area contributed by atoms with Crippen molar-refractivity contribution in [1.82, 2.24) is 15.2 Å². The van der Waals surface area contributed by atoms with E-state index in [0.29, 0.717) is 17.4 Å². The second kappa shape index (κ2) is 8.02. The van der Waals surface area contributed by atoms with E-state index in [4.69, 9.17) is 13.9 Å². The van der Waals surface area contributed by atoms with E-state index in [0.717, 1.165) is 25.9 Å². The Balaban J connectivity index is 1.53. The van der Waals surface area contributed by atoms with E-state index in [1.807, 2.05) is 18.2 Å². The summed E-state index contributed by atoms with van der Waals surface area (Å²) in [6.45, 7) is 2.07. The van der Waals surface area contributed by atoms with Crippen LogP contribution in [0.15, 0.2) is 34.9 Å². The summed E-state index contributed by atoms with van der Waals surface area (Å²) in [5, 5.41) is 3.01. The van der Waals surface area contributed by atoms with Gasteiger partial charge in [0.1, 0.15) is 17.8 Å². The lowest BCUT2D eigenvalue weighted by molar-refractivity contribution is 0.0907. The molecule has 25 heavy (non-hydrogen) atoms. The van der Waals surface area contributed by atoms with E-state index < -0.39 is 0 Å². The SMILES string of the molecule is COc1cccc(OCc2nc(C(=O)N[C@@H]3CCCN(C)C3)co2)c1. The van der Waals surface area contributed by atoms with E-state index in [1.165, 1.54) is 6.26 Å². The fourth-order valence-electron chi connectivity index (χ4n) is 2.86. The number of likely N-dealkylation sites (tertiary alicyclic amines) is 1. The molecule has 1 fully saturated rings. The average molecular weight is 345 g/mol. The summed E-state index contributed by atoms with van der Waals surface area (Å²) in [5.74, 6) is 1.50. The third-order valence-electron chi connectivity index (χ3n) is 4.15. The molecule has 1 aliphatic heterocycles. The molecule has 0 spiro atoms. The largest absolute Gasteiger partial charge is 0.497 e. The number of methoxy groups -OCH3 is 1. The monoisotopic (exact) mass is 345 g/mol. The van der Waals surface area contributed by atoms with Crippen molar-refractivity contribution in [2.45, 2.75) is 25.5 Å². The molecule has 1 saturated heterocycles. The number of aromatic nitrogens is 1. The number of carbonyl (C=O) groups is 1. The number of hydrogen-bond acceptors (Lipinski definition) is 6. The van der Waals surface area contributed by atoms with E-state index in [9.17, 15) is 4.79 Å². The van der Waals surface area contributed by atoms with Crippen LogP contribution in [0.1, 0.15) is 29.2 Å². The minimum atomic E-state index is -0.211. The van der Waals surface area contributed by atoms with E-state index >= 15 is 0 Å². The average Bonchev–Trinajstić information content (AvgIpc) is 3.09. The molecule has 0 unspecified atom stereocenters. The predicted octanol–water partition coefficient (Wildman–Crippen LogP) is 2.09. The van der Waals surface area contributed by atoms with Crippen LogP contribution in [0.3, 0.4) is 0 Å².